The first-order chi connectivity index (χ1) is 4.29. The first-order valence-corrected chi connectivity index (χ1v) is 4.69. The van der Waals surface area contributed by atoms with Gasteiger partial charge in [-0.05, 0) is 12.8 Å². The van der Waals surface area contributed by atoms with Crippen LogP contribution in [0.2, 0.25) is 0 Å². The van der Waals surface area contributed by atoms with E-state index in [4.69, 9.17) is 0 Å². The Morgan fingerprint density at radius 2 is 2.00 bits per heavy atom. The van der Waals surface area contributed by atoms with Gasteiger partial charge >= 0.3 is 0 Å². The van der Waals surface area contributed by atoms with Gasteiger partial charge in [0, 0.05) is 19.3 Å². The predicted molar refractivity (Wildman–Crippen MR) is 38.0 cm³/mol. The van der Waals surface area contributed by atoms with Gasteiger partial charge in [0.1, 0.15) is 11.0 Å². The van der Waals surface area contributed by atoms with Crippen LogP contribution in [0.3, 0.4) is 0 Å². The molecule has 9 heavy (non-hydrogen) atoms. The molecule has 0 spiro atoms. The van der Waals surface area contributed by atoms with Gasteiger partial charge < -0.3 is 0 Å². The second kappa shape index (κ2) is 3.29. The Kier molecular flexibility index (Phi) is 2.63. The third-order valence-corrected chi connectivity index (χ3v) is 1.88. The summed E-state index contributed by atoms with van der Waals surface area (Å²) in [5.74, 6) is 0. The summed E-state index contributed by atoms with van der Waals surface area (Å²) < 4.78 is 10.6. The van der Waals surface area contributed by atoms with E-state index in [9.17, 15) is 4.21 Å². The van der Waals surface area contributed by atoms with E-state index in [1.165, 1.54) is 12.8 Å². The number of hydrogen-bond donors (Lipinski definition) is 1. The van der Waals surface area contributed by atoms with Crippen molar-refractivity contribution in [3.8, 4) is 0 Å². The minimum Gasteiger partial charge on any atom is -0.242 e. The van der Waals surface area contributed by atoms with Crippen LogP contribution in [0.15, 0.2) is 0 Å². The molecule has 1 fully saturated rings. The quantitative estimate of drug-likeness (QED) is 0.592. The highest BCUT2D eigenvalue weighted by molar-refractivity contribution is 7.82. The standard InChI is InChI=1S/C5H12N2OS/c1-9(8)6-7-4-2-3-5-7/h6H,2-5H2,1H3. The molecule has 54 valence electrons. The van der Waals surface area contributed by atoms with E-state index >= 15 is 0 Å². The lowest BCUT2D eigenvalue weighted by Crippen LogP contribution is -2.35. The monoisotopic (exact) mass is 148 g/mol. The topological polar surface area (TPSA) is 32.3 Å². The molecule has 3 nitrogen and oxygen atoms in total. The van der Waals surface area contributed by atoms with Crippen LogP contribution in [0, 0.1) is 0 Å². The first-order valence-electron chi connectivity index (χ1n) is 3.14. The van der Waals surface area contributed by atoms with Crippen molar-refractivity contribution in [2.75, 3.05) is 19.3 Å². The van der Waals surface area contributed by atoms with E-state index in [1.807, 2.05) is 5.01 Å². The highest BCUT2D eigenvalue weighted by Gasteiger charge is 2.10. The van der Waals surface area contributed by atoms with Gasteiger partial charge in [-0.25, -0.2) is 9.22 Å². The van der Waals surface area contributed by atoms with Crippen LogP contribution in [-0.4, -0.2) is 28.6 Å². The Hall–Kier alpha value is 0.0700. The fraction of sp³-hybridized carbons (Fsp3) is 1.00. The summed E-state index contributed by atoms with van der Waals surface area (Å²) in [6, 6.07) is 0. The molecule has 0 radical (unpaired) electrons. The van der Waals surface area contributed by atoms with Gasteiger partial charge in [-0.1, -0.05) is 0 Å². The first kappa shape index (κ1) is 7.18. The van der Waals surface area contributed by atoms with E-state index in [2.05, 4.69) is 4.83 Å². The molecular formula is C5H12N2OS. The van der Waals surface area contributed by atoms with Gasteiger partial charge in [-0.2, -0.15) is 4.83 Å². The Labute approximate surface area is 58.0 Å². The number of hydrazine groups is 1. The normalized spacial score (nSPS) is 24.6. The Morgan fingerprint density at radius 3 is 2.44 bits per heavy atom. The van der Waals surface area contributed by atoms with Crippen LogP contribution in [0.1, 0.15) is 12.8 Å². The van der Waals surface area contributed by atoms with E-state index in [-0.39, 0.29) is 0 Å². The second-order valence-electron chi connectivity index (χ2n) is 2.24. The number of nitrogens with zero attached hydrogens (tertiary/aromatic N) is 1. The fourth-order valence-corrected chi connectivity index (χ4v) is 1.54. The molecule has 1 heterocycles. The average Bonchev–Trinajstić information content (AvgIpc) is 2.15. The molecule has 0 bridgehead atoms. The fourth-order valence-electron chi connectivity index (χ4n) is 0.990. The molecule has 1 aliphatic heterocycles. The van der Waals surface area contributed by atoms with Crippen LogP contribution in [0.5, 0.6) is 0 Å². The third-order valence-electron chi connectivity index (χ3n) is 1.36. The lowest BCUT2D eigenvalue weighted by molar-refractivity contribution is 0.309. The minimum atomic E-state index is -0.879. The molecule has 1 unspecified atom stereocenters. The largest absolute Gasteiger partial charge is 0.242 e. The van der Waals surface area contributed by atoms with Crippen molar-refractivity contribution < 1.29 is 4.21 Å². The van der Waals surface area contributed by atoms with Crippen LogP contribution in [-0.2, 0) is 11.0 Å². The molecule has 0 aromatic rings. The van der Waals surface area contributed by atoms with Crippen LogP contribution >= 0.6 is 0 Å². The molecule has 0 amide bonds. The smallest absolute Gasteiger partial charge is 0.102 e. The van der Waals surface area contributed by atoms with Crippen molar-refractivity contribution >= 4 is 11.0 Å². The zero-order valence-electron chi connectivity index (χ0n) is 5.59. The van der Waals surface area contributed by atoms with Crippen LogP contribution < -0.4 is 4.83 Å². The van der Waals surface area contributed by atoms with Crippen molar-refractivity contribution in [3.63, 3.8) is 0 Å². The summed E-state index contributed by atoms with van der Waals surface area (Å²) in [4.78, 5) is 2.85. The van der Waals surface area contributed by atoms with E-state index in [0.29, 0.717) is 0 Å². The van der Waals surface area contributed by atoms with Crippen molar-refractivity contribution in [2.45, 2.75) is 12.8 Å². The summed E-state index contributed by atoms with van der Waals surface area (Å²) in [6.07, 6.45) is 4.10. The highest BCUT2D eigenvalue weighted by Crippen LogP contribution is 2.03. The van der Waals surface area contributed by atoms with E-state index in [1.54, 1.807) is 6.26 Å². The summed E-state index contributed by atoms with van der Waals surface area (Å²) in [7, 11) is -0.879. The summed E-state index contributed by atoms with van der Waals surface area (Å²) in [5, 5.41) is 2.01. The molecule has 1 saturated heterocycles. The van der Waals surface area contributed by atoms with Gasteiger partial charge in [0.2, 0.25) is 0 Å². The summed E-state index contributed by atoms with van der Waals surface area (Å²) in [5.41, 5.74) is 0. The summed E-state index contributed by atoms with van der Waals surface area (Å²) in [6.45, 7) is 2.08. The highest BCUT2D eigenvalue weighted by atomic mass is 32.2. The van der Waals surface area contributed by atoms with E-state index in [0.717, 1.165) is 13.1 Å². The van der Waals surface area contributed by atoms with Crippen molar-refractivity contribution in [1.82, 2.24) is 9.84 Å². The Balaban J connectivity index is 2.19. The lowest BCUT2D eigenvalue weighted by Gasteiger charge is -2.12. The minimum absolute atomic E-state index is 0.879. The molecule has 0 aromatic carbocycles. The van der Waals surface area contributed by atoms with Gasteiger partial charge in [0.25, 0.3) is 0 Å². The van der Waals surface area contributed by atoms with Crippen molar-refractivity contribution in [1.29, 1.82) is 0 Å². The number of nitrogens with one attached hydrogen (secondary N) is 1. The molecule has 1 N–H and O–H groups in total. The maximum Gasteiger partial charge on any atom is 0.102 e. The lowest BCUT2D eigenvalue weighted by atomic mass is 10.4. The second-order valence-corrected chi connectivity index (χ2v) is 3.33. The maximum absolute atomic E-state index is 10.6. The Bertz CT molecular complexity index is 112. The van der Waals surface area contributed by atoms with E-state index < -0.39 is 11.0 Å². The number of rotatable bonds is 2. The molecule has 1 aliphatic rings. The maximum atomic E-state index is 10.6. The molecule has 0 aromatic heterocycles. The molecule has 1 rings (SSSR count). The van der Waals surface area contributed by atoms with Crippen molar-refractivity contribution in [3.05, 3.63) is 0 Å². The molecule has 4 heteroatoms. The van der Waals surface area contributed by atoms with Gasteiger partial charge in [-0.3, -0.25) is 0 Å². The molecule has 0 saturated carbocycles. The zero-order valence-corrected chi connectivity index (χ0v) is 6.41. The molecular weight excluding hydrogens is 136 g/mol. The SMILES string of the molecule is CS(=O)NN1CCCC1. The molecule has 0 aliphatic carbocycles. The van der Waals surface area contributed by atoms with Gasteiger partial charge in [0.15, 0.2) is 0 Å². The summed E-state index contributed by atoms with van der Waals surface area (Å²) >= 11 is 0. The van der Waals surface area contributed by atoms with Gasteiger partial charge in [-0.15, -0.1) is 0 Å². The number of hydrogen-bond acceptors (Lipinski definition) is 2. The zero-order chi connectivity index (χ0) is 6.69. The molecule has 1 atom stereocenters. The predicted octanol–water partition coefficient (Wildman–Crippen LogP) is -0.120. The van der Waals surface area contributed by atoms with Crippen LogP contribution in [0.25, 0.3) is 0 Å². The third kappa shape index (κ3) is 2.43. The Morgan fingerprint density at radius 1 is 1.44 bits per heavy atom. The average molecular weight is 148 g/mol. The van der Waals surface area contributed by atoms with Crippen molar-refractivity contribution in [2.24, 2.45) is 0 Å². The van der Waals surface area contributed by atoms with Crippen LogP contribution in [0.4, 0.5) is 0 Å². The van der Waals surface area contributed by atoms with Gasteiger partial charge in [0.05, 0.1) is 0 Å².